The van der Waals surface area contributed by atoms with E-state index in [-0.39, 0.29) is 0 Å². The second-order valence-electron chi connectivity index (χ2n) is 14.0. The van der Waals surface area contributed by atoms with Crippen LogP contribution in [0.5, 0.6) is 0 Å². The Morgan fingerprint density at radius 1 is 0.382 bits per heavy atom. The van der Waals surface area contributed by atoms with E-state index in [1.807, 2.05) is 11.3 Å². The van der Waals surface area contributed by atoms with E-state index in [0.717, 1.165) is 50.1 Å². The van der Waals surface area contributed by atoms with Crippen molar-refractivity contribution in [2.24, 2.45) is 0 Å². The summed E-state index contributed by atoms with van der Waals surface area (Å²) in [7, 11) is 0. The standard InChI is InChI=1S/C52H33NOS/c1-3-13-34(14-4-1)36-25-27-38(28-26-36)43-33-39-17-7-8-18-41(39)50-51-45(20-11-22-46(51)54-52(43)50)53(40-31-29-37(30-32-40)35-15-5-2-6-16-35)44-21-12-24-48-49(44)42-19-9-10-23-47(42)55-48/h1-33H. The number of nitrogens with zero attached hydrogens (tertiary/aromatic N) is 1. The Balaban J connectivity index is 1.19. The molecule has 0 aliphatic heterocycles. The molecule has 0 amide bonds. The Morgan fingerprint density at radius 3 is 1.65 bits per heavy atom. The summed E-state index contributed by atoms with van der Waals surface area (Å²) in [5.74, 6) is 0. The first-order chi connectivity index (χ1) is 27.3. The van der Waals surface area contributed by atoms with Crippen LogP contribution in [0.25, 0.3) is 86.3 Å². The summed E-state index contributed by atoms with van der Waals surface area (Å²) < 4.78 is 9.57. The smallest absolute Gasteiger partial charge is 0.143 e. The molecular weight excluding hydrogens is 687 g/mol. The molecule has 3 heteroatoms. The van der Waals surface area contributed by atoms with Gasteiger partial charge < -0.3 is 9.32 Å². The first kappa shape index (κ1) is 31.6. The summed E-state index contributed by atoms with van der Waals surface area (Å²) in [5, 5.41) is 7.09. The summed E-state index contributed by atoms with van der Waals surface area (Å²) >= 11 is 1.85. The first-order valence-corrected chi connectivity index (χ1v) is 19.5. The van der Waals surface area contributed by atoms with Crippen molar-refractivity contribution in [2.45, 2.75) is 0 Å². The maximum Gasteiger partial charge on any atom is 0.143 e. The third-order valence-electron chi connectivity index (χ3n) is 10.9. The Hall–Kier alpha value is -6.94. The molecule has 0 aliphatic carbocycles. The first-order valence-electron chi connectivity index (χ1n) is 18.7. The van der Waals surface area contributed by atoms with Gasteiger partial charge in [0, 0.05) is 36.8 Å². The SMILES string of the molecule is c1ccc(-c2ccc(-c3cc4ccccc4c4c3oc3cccc(N(c5ccc(-c6ccccc6)cc5)c5cccc6sc7ccccc7c56)c34)cc2)cc1. The van der Waals surface area contributed by atoms with Crippen LogP contribution in [-0.2, 0) is 0 Å². The van der Waals surface area contributed by atoms with Crippen molar-refractivity contribution in [2.75, 3.05) is 4.90 Å². The van der Waals surface area contributed by atoms with Crippen LogP contribution in [0.1, 0.15) is 0 Å². The number of furan rings is 1. The van der Waals surface area contributed by atoms with Crippen LogP contribution in [0.15, 0.2) is 205 Å². The van der Waals surface area contributed by atoms with Gasteiger partial charge in [-0.3, -0.25) is 0 Å². The van der Waals surface area contributed by atoms with Crippen LogP contribution in [-0.4, -0.2) is 0 Å². The molecule has 258 valence electrons. The topological polar surface area (TPSA) is 16.4 Å². The molecule has 11 rings (SSSR count). The molecule has 0 fully saturated rings. The van der Waals surface area contributed by atoms with Crippen molar-refractivity contribution in [1.82, 2.24) is 0 Å². The average molecular weight is 720 g/mol. The van der Waals surface area contributed by atoms with E-state index in [9.17, 15) is 0 Å². The molecule has 0 saturated heterocycles. The number of rotatable bonds is 6. The molecule has 0 bridgehead atoms. The van der Waals surface area contributed by atoms with Crippen LogP contribution in [0.4, 0.5) is 17.1 Å². The largest absolute Gasteiger partial charge is 0.455 e. The molecule has 11 aromatic rings. The van der Waals surface area contributed by atoms with Gasteiger partial charge in [-0.1, -0.05) is 152 Å². The summed E-state index contributed by atoms with van der Waals surface area (Å²) in [4.78, 5) is 2.45. The van der Waals surface area contributed by atoms with Crippen molar-refractivity contribution >= 4 is 81.3 Å². The third kappa shape index (κ3) is 5.24. The van der Waals surface area contributed by atoms with Gasteiger partial charge in [0.15, 0.2) is 0 Å². The van der Waals surface area contributed by atoms with E-state index in [2.05, 4.69) is 205 Å². The zero-order valence-corrected chi connectivity index (χ0v) is 30.6. The zero-order chi connectivity index (χ0) is 36.3. The van der Waals surface area contributed by atoms with E-state index in [0.29, 0.717) is 0 Å². The summed E-state index contributed by atoms with van der Waals surface area (Å²) in [6.07, 6.45) is 0. The van der Waals surface area contributed by atoms with Gasteiger partial charge in [-0.05, 0) is 87.1 Å². The van der Waals surface area contributed by atoms with Crippen molar-refractivity contribution in [1.29, 1.82) is 0 Å². The number of hydrogen-bond acceptors (Lipinski definition) is 3. The van der Waals surface area contributed by atoms with E-state index in [1.54, 1.807) is 0 Å². The molecule has 0 saturated carbocycles. The van der Waals surface area contributed by atoms with Crippen LogP contribution in [0.2, 0.25) is 0 Å². The molecular formula is C52H33NOS. The maximum atomic E-state index is 7.02. The lowest BCUT2D eigenvalue weighted by Gasteiger charge is -2.27. The van der Waals surface area contributed by atoms with Gasteiger partial charge in [0.05, 0.1) is 16.8 Å². The number of thiophene rings is 1. The lowest BCUT2D eigenvalue weighted by Crippen LogP contribution is -2.10. The predicted molar refractivity (Wildman–Crippen MR) is 235 cm³/mol. The minimum atomic E-state index is 0.860. The number of anilines is 3. The molecule has 55 heavy (non-hydrogen) atoms. The second kappa shape index (κ2) is 12.9. The Labute approximate surface area is 322 Å². The highest BCUT2D eigenvalue weighted by atomic mass is 32.1. The highest BCUT2D eigenvalue weighted by Gasteiger charge is 2.25. The van der Waals surface area contributed by atoms with Crippen molar-refractivity contribution in [3.05, 3.63) is 200 Å². The highest BCUT2D eigenvalue weighted by Crippen LogP contribution is 2.50. The molecule has 0 aliphatic rings. The third-order valence-corrected chi connectivity index (χ3v) is 12.0. The van der Waals surface area contributed by atoms with E-state index in [1.165, 1.54) is 53.2 Å². The lowest BCUT2D eigenvalue weighted by atomic mass is 9.94. The normalized spacial score (nSPS) is 11.6. The van der Waals surface area contributed by atoms with Crippen LogP contribution in [0.3, 0.4) is 0 Å². The van der Waals surface area contributed by atoms with Gasteiger partial charge >= 0.3 is 0 Å². The Morgan fingerprint density at radius 2 is 0.927 bits per heavy atom. The zero-order valence-electron chi connectivity index (χ0n) is 29.8. The molecule has 9 aromatic carbocycles. The fraction of sp³-hybridized carbons (Fsp3) is 0. The Bertz CT molecular complexity index is 3180. The highest BCUT2D eigenvalue weighted by molar-refractivity contribution is 7.26. The van der Waals surface area contributed by atoms with Gasteiger partial charge in [-0.25, -0.2) is 0 Å². The number of fused-ring (bicyclic) bond motifs is 8. The molecule has 0 N–H and O–H groups in total. The minimum Gasteiger partial charge on any atom is -0.455 e. The molecule has 0 atom stereocenters. The summed E-state index contributed by atoms with van der Waals surface area (Å²) in [5.41, 5.74) is 12.0. The average Bonchev–Trinajstić information content (AvgIpc) is 3.85. The van der Waals surface area contributed by atoms with Gasteiger partial charge in [-0.15, -0.1) is 11.3 Å². The van der Waals surface area contributed by atoms with Crippen molar-refractivity contribution in [3.8, 4) is 33.4 Å². The van der Waals surface area contributed by atoms with Crippen molar-refractivity contribution < 1.29 is 4.42 Å². The van der Waals surface area contributed by atoms with E-state index >= 15 is 0 Å². The van der Waals surface area contributed by atoms with Gasteiger partial charge in [0.25, 0.3) is 0 Å². The van der Waals surface area contributed by atoms with Crippen molar-refractivity contribution in [3.63, 3.8) is 0 Å². The maximum absolute atomic E-state index is 7.02. The fourth-order valence-corrected chi connectivity index (χ4v) is 9.43. The summed E-state index contributed by atoms with van der Waals surface area (Å²) in [6.45, 7) is 0. The Kier molecular flexibility index (Phi) is 7.39. The van der Waals surface area contributed by atoms with E-state index in [4.69, 9.17) is 4.42 Å². The van der Waals surface area contributed by atoms with Gasteiger partial charge in [0.2, 0.25) is 0 Å². The summed E-state index contributed by atoms with van der Waals surface area (Å²) in [6, 6.07) is 72.0. The molecule has 2 heterocycles. The molecule has 2 aromatic heterocycles. The molecule has 2 nitrogen and oxygen atoms in total. The number of hydrogen-bond donors (Lipinski definition) is 0. The molecule has 0 spiro atoms. The number of benzene rings is 9. The second-order valence-corrected chi connectivity index (χ2v) is 15.1. The van der Waals surface area contributed by atoms with Gasteiger partial charge in [-0.2, -0.15) is 0 Å². The van der Waals surface area contributed by atoms with Crippen LogP contribution < -0.4 is 4.90 Å². The predicted octanol–water partition coefficient (Wildman–Crippen LogP) is 15.6. The monoisotopic (exact) mass is 719 g/mol. The van der Waals surface area contributed by atoms with Crippen LogP contribution >= 0.6 is 11.3 Å². The van der Waals surface area contributed by atoms with Gasteiger partial charge in [0.1, 0.15) is 11.2 Å². The minimum absolute atomic E-state index is 0.860. The molecule has 0 radical (unpaired) electrons. The molecule has 0 unspecified atom stereocenters. The fourth-order valence-electron chi connectivity index (χ4n) is 8.31. The lowest BCUT2D eigenvalue weighted by molar-refractivity contribution is 0.670. The quantitative estimate of drug-likeness (QED) is 0.170. The van der Waals surface area contributed by atoms with Crippen LogP contribution in [0, 0.1) is 0 Å². The van der Waals surface area contributed by atoms with E-state index < -0.39 is 0 Å².